The number of nitrogens with one attached hydrogen (secondary N) is 2. The number of carbonyl (C=O) groups is 3. The van der Waals surface area contributed by atoms with E-state index in [4.69, 9.17) is 11.6 Å². The van der Waals surface area contributed by atoms with Crippen molar-refractivity contribution in [1.82, 2.24) is 15.8 Å². The normalized spacial score (nSPS) is 10.2. The molecule has 0 spiro atoms. The maximum atomic E-state index is 11.6. The average Bonchev–Trinajstić information content (AvgIpc) is 2.39. The summed E-state index contributed by atoms with van der Waals surface area (Å²) in [5.41, 5.74) is 2.43. The van der Waals surface area contributed by atoms with Crippen LogP contribution in [0.1, 0.15) is 26.7 Å². The molecule has 0 aliphatic carbocycles. The molecule has 19 heavy (non-hydrogen) atoms. The molecule has 0 heterocycles. The van der Waals surface area contributed by atoms with Crippen molar-refractivity contribution < 1.29 is 14.4 Å². The second kappa shape index (κ2) is 9.61. The summed E-state index contributed by atoms with van der Waals surface area (Å²) in [6.07, 6.45) is 2.19. The van der Waals surface area contributed by atoms with E-state index in [1.165, 1.54) is 13.5 Å². The molecule has 3 amide bonds. The highest BCUT2D eigenvalue weighted by molar-refractivity contribution is 6.27. The topological polar surface area (TPSA) is 78.5 Å². The molecule has 0 bridgehead atoms. The van der Waals surface area contributed by atoms with Crippen LogP contribution in [0.15, 0.2) is 0 Å². The monoisotopic (exact) mass is 290 g/mol. The van der Waals surface area contributed by atoms with E-state index in [0.29, 0.717) is 12.3 Å². The Kier molecular flexibility index (Phi) is 8.95. The van der Waals surface area contributed by atoms with Gasteiger partial charge in [0.25, 0.3) is 5.91 Å². The Labute approximate surface area is 118 Å². The molecule has 0 aromatic heterocycles. The molecule has 1 radical (unpaired) electrons. The van der Waals surface area contributed by atoms with Gasteiger partial charge in [-0.05, 0) is 12.3 Å². The lowest BCUT2D eigenvalue weighted by Gasteiger charge is -2.22. The van der Waals surface area contributed by atoms with E-state index in [9.17, 15) is 14.4 Å². The third-order valence-corrected chi connectivity index (χ3v) is 2.51. The molecule has 0 aromatic carbocycles. The Morgan fingerprint density at radius 1 is 1.32 bits per heavy atom. The fourth-order valence-corrected chi connectivity index (χ4v) is 1.32. The molecule has 0 fully saturated rings. The van der Waals surface area contributed by atoms with Crippen LogP contribution in [0.25, 0.3) is 0 Å². The molecule has 6 nitrogen and oxygen atoms in total. The van der Waals surface area contributed by atoms with E-state index in [1.807, 2.05) is 13.8 Å². The zero-order valence-electron chi connectivity index (χ0n) is 11.5. The van der Waals surface area contributed by atoms with E-state index in [-0.39, 0.29) is 30.7 Å². The minimum Gasteiger partial charge on any atom is -0.359 e. The van der Waals surface area contributed by atoms with Gasteiger partial charge in [-0.3, -0.25) is 24.8 Å². The maximum Gasteiger partial charge on any atom is 0.255 e. The van der Waals surface area contributed by atoms with E-state index >= 15 is 0 Å². The molecule has 109 valence electrons. The van der Waals surface area contributed by atoms with Crippen LogP contribution in [0.5, 0.6) is 0 Å². The van der Waals surface area contributed by atoms with E-state index < -0.39 is 5.91 Å². The second-order valence-corrected chi connectivity index (χ2v) is 4.68. The highest BCUT2D eigenvalue weighted by Gasteiger charge is 2.16. The van der Waals surface area contributed by atoms with Crippen LogP contribution < -0.4 is 10.7 Å². The molecule has 2 N–H and O–H groups in total. The SMILES string of the molecule is CNC(=O)CCN(NC(=O)[CH]CC(C)C)C(=O)CCl. The van der Waals surface area contributed by atoms with E-state index in [1.54, 1.807) is 0 Å². The van der Waals surface area contributed by atoms with Gasteiger partial charge in [-0.1, -0.05) is 13.8 Å². The van der Waals surface area contributed by atoms with Gasteiger partial charge in [-0.2, -0.15) is 0 Å². The minimum atomic E-state index is -0.447. The molecule has 0 aromatic rings. The third kappa shape index (κ3) is 8.42. The lowest BCUT2D eigenvalue weighted by atomic mass is 10.1. The van der Waals surface area contributed by atoms with Crippen LogP contribution in [0.4, 0.5) is 0 Å². The number of carbonyl (C=O) groups excluding carboxylic acids is 3. The second-order valence-electron chi connectivity index (χ2n) is 4.41. The van der Waals surface area contributed by atoms with Crippen LogP contribution in [0, 0.1) is 12.3 Å². The van der Waals surface area contributed by atoms with Gasteiger partial charge in [0.05, 0.1) is 13.0 Å². The van der Waals surface area contributed by atoms with Gasteiger partial charge in [0.2, 0.25) is 11.8 Å². The lowest BCUT2D eigenvalue weighted by molar-refractivity contribution is -0.139. The molecular weight excluding hydrogens is 270 g/mol. The summed E-state index contributed by atoms with van der Waals surface area (Å²) in [5, 5.41) is 3.51. The third-order valence-electron chi connectivity index (χ3n) is 2.28. The van der Waals surface area contributed by atoms with Crippen LogP contribution in [-0.4, -0.2) is 42.2 Å². The van der Waals surface area contributed by atoms with Gasteiger partial charge in [0.1, 0.15) is 5.88 Å². The molecule has 7 heteroatoms. The fourth-order valence-electron chi connectivity index (χ4n) is 1.17. The first kappa shape index (κ1) is 17.7. The zero-order chi connectivity index (χ0) is 14.8. The van der Waals surface area contributed by atoms with Crippen LogP contribution in [-0.2, 0) is 14.4 Å². The van der Waals surface area contributed by atoms with Gasteiger partial charge in [0.15, 0.2) is 0 Å². The summed E-state index contributed by atoms with van der Waals surface area (Å²) in [5.74, 6) is -0.930. The fraction of sp³-hybridized carbons (Fsp3) is 0.667. The van der Waals surface area contributed by atoms with Crippen molar-refractivity contribution in [3.8, 4) is 0 Å². The van der Waals surface area contributed by atoms with Gasteiger partial charge in [-0.15, -0.1) is 11.6 Å². The molecule has 0 saturated heterocycles. The van der Waals surface area contributed by atoms with E-state index in [2.05, 4.69) is 10.7 Å². The molecule has 0 atom stereocenters. The largest absolute Gasteiger partial charge is 0.359 e. The zero-order valence-corrected chi connectivity index (χ0v) is 12.3. The number of amides is 3. The van der Waals surface area contributed by atoms with Crippen molar-refractivity contribution in [1.29, 1.82) is 0 Å². The Balaban J connectivity index is 4.30. The van der Waals surface area contributed by atoms with Crippen LogP contribution >= 0.6 is 11.6 Å². The van der Waals surface area contributed by atoms with Crippen molar-refractivity contribution in [3.63, 3.8) is 0 Å². The standard InChI is InChI=1S/C12H21ClN3O3/c1-9(2)4-5-11(18)15-16(12(19)8-13)7-6-10(17)14-3/h5,9H,4,6-8H2,1-3H3,(H,14,17)(H,15,18). The smallest absolute Gasteiger partial charge is 0.255 e. The summed E-state index contributed by atoms with van der Waals surface area (Å²) in [6.45, 7) is 4.06. The van der Waals surface area contributed by atoms with Gasteiger partial charge in [0, 0.05) is 13.5 Å². The predicted octanol–water partition coefficient (Wildman–Crippen LogP) is 0.471. The van der Waals surface area contributed by atoms with E-state index in [0.717, 1.165) is 5.01 Å². The van der Waals surface area contributed by atoms with Crippen LogP contribution in [0.3, 0.4) is 0 Å². The molecule has 0 aliphatic heterocycles. The molecular formula is C12H21ClN3O3. The van der Waals surface area contributed by atoms with Crippen LogP contribution in [0.2, 0.25) is 0 Å². The number of nitrogens with zero attached hydrogens (tertiary/aromatic N) is 1. The average molecular weight is 291 g/mol. The van der Waals surface area contributed by atoms with Crippen molar-refractivity contribution >= 4 is 29.3 Å². The van der Waals surface area contributed by atoms with Crippen molar-refractivity contribution in [2.45, 2.75) is 26.7 Å². The summed E-state index contributed by atoms with van der Waals surface area (Å²) in [4.78, 5) is 34.2. The molecule has 0 rings (SSSR count). The van der Waals surface area contributed by atoms with Gasteiger partial charge >= 0.3 is 0 Å². The first-order chi connectivity index (χ1) is 8.90. The Hall–Kier alpha value is -1.30. The van der Waals surface area contributed by atoms with Crippen molar-refractivity contribution in [2.75, 3.05) is 19.5 Å². The summed E-state index contributed by atoms with van der Waals surface area (Å²) in [6, 6.07) is 0. The number of hydrogen-bond donors (Lipinski definition) is 2. The summed E-state index contributed by atoms with van der Waals surface area (Å²) < 4.78 is 0. The summed E-state index contributed by atoms with van der Waals surface area (Å²) in [7, 11) is 1.50. The van der Waals surface area contributed by atoms with Crippen molar-refractivity contribution in [2.24, 2.45) is 5.92 Å². The minimum absolute atomic E-state index is 0.0898. The number of hydrazine groups is 1. The number of alkyl halides is 1. The quantitative estimate of drug-likeness (QED) is 0.528. The number of halogens is 1. The molecule has 0 aliphatic rings. The first-order valence-corrected chi connectivity index (χ1v) is 6.64. The highest BCUT2D eigenvalue weighted by atomic mass is 35.5. The predicted molar refractivity (Wildman–Crippen MR) is 73.0 cm³/mol. The number of hydrogen-bond acceptors (Lipinski definition) is 3. The highest BCUT2D eigenvalue weighted by Crippen LogP contribution is 2.02. The Bertz CT molecular complexity index is 321. The van der Waals surface area contributed by atoms with Crippen molar-refractivity contribution in [3.05, 3.63) is 6.42 Å². The lowest BCUT2D eigenvalue weighted by Crippen LogP contribution is -2.48. The molecule has 0 saturated carbocycles. The first-order valence-electron chi connectivity index (χ1n) is 6.11. The van der Waals surface area contributed by atoms with Gasteiger partial charge < -0.3 is 5.32 Å². The Morgan fingerprint density at radius 3 is 2.42 bits per heavy atom. The Morgan fingerprint density at radius 2 is 1.95 bits per heavy atom. The van der Waals surface area contributed by atoms with Gasteiger partial charge in [-0.25, -0.2) is 0 Å². The molecule has 0 unspecified atom stereocenters. The maximum absolute atomic E-state index is 11.6. The number of rotatable bonds is 7. The summed E-state index contributed by atoms with van der Waals surface area (Å²) >= 11 is 5.45.